The Morgan fingerprint density at radius 1 is 1.30 bits per heavy atom. The molecule has 5 nitrogen and oxygen atoms in total. The number of hydrogen-bond donors (Lipinski definition) is 1. The monoisotopic (exact) mass is 276 g/mol. The van der Waals surface area contributed by atoms with E-state index in [2.05, 4.69) is 10.1 Å². The van der Waals surface area contributed by atoms with E-state index in [0.717, 1.165) is 11.1 Å². The molecule has 0 aliphatic heterocycles. The molecule has 0 aliphatic rings. The number of aliphatic hydroxyl groups is 1. The molecule has 0 spiro atoms. The maximum atomic E-state index is 9.74. The van der Waals surface area contributed by atoms with Crippen LogP contribution in [-0.2, 0) is 6.61 Å². The first-order valence-electron chi connectivity index (χ1n) is 6.71. The molecule has 0 bridgehead atoms. The van der Waals surface area contributed by atoms with Crippen LogP contribution in [0.5, 0.6) is 5.75 Å². The van der Waals surface area contributed by atoms with E-state index in [9.17, 15) is 5.11 Å². The molecular formula is C15H20N2O3. The van der Waals surface area contributed by atoms with Crippen LogP contribution in [0.2, 0.25) is 0 Å². The summed E-state index contributed by atoms with van der Waals surface area (Å²) in [5, 5.41) is 13.6. The topological polar surface area (TPSA) is 68.4 Å². The summed E-state index contributed by atoms with van der Waals surface area (Å²) in [5.74, 6) is 1.97. The van der Waals surface area contributed by atoms with Gasteiger partial charge in [-0.15, -0.1) is 0 Å². The number of benzene rings is 1. The van der Waals surface area contributed by atoms with Gasteiger partial charge in [-0.25, -0.2) is 0 Å². The highest BCUT2D eigenvalue weighted by molar-refractivity contribution is 5.38. The summed E-state index contributed by atoms with van der Waals surface area (Å²) in [6.07, 6.45) is -0.584. The van der Waals surface area contributed by atoms with Crippen molar-refractivity contribution in [2.75, 3.05) is 0 Å². The van der Waals surface area contributed by atoms with Crippen LogP contribution < -0.4 is 4.74 Å². The van der Waals surface area contributed by atoms with Gasteiger partial charge in [-0.05, 0) is 25.5 Å². The number of hydrogen-bond acceptors (Lipinski definition) is 5. The lowest BCUT2D eigenvalue weighted by Crippen LogP contribution is -2.02. The molecule has 2 rings (SSSR count). The molecule has 0 radical (unpaired) electrons. The van der Waals surface area contributed by atoms with Crippen molar-refractivity contribution >= 4 is 0 Å². The lowest BCUT2D eigenvalue weighted by Gasteiger charge is -2.13. The number of aryl methyl sites for hydroxylation is 1. The fraction of sp³-hybridized carbons (Fsp3) is 0.467. The lowest BCUT2D eigenvalue weighted by atomic mass is 10.1. The maximum Gasteiger partial charge on any atom is 0.264 e. The zero-order valence-corrected chi connectivity index (χ0v) is 12.3. The molecule has 1 aromatic carbocycles. The van der Waals surface area contributed by atoms with E-state index in [1.165, 1.54) is 0 Å². The Morgan fingerprint density at radius 3 is 2.65 bits per heavy atom. The molecule has 2 aromatic rings. The van der Waals surface area contributed by atoms with Gasteiger partial charge in [0.1, 0.15) is 5.75 Å². The highest BCUT2D eigenvalue weighted by atomic mass is 16.5. The van der Waals surface area contributed by atoms with Crippen molar-refractivity contribution in [1.29, 1.82) is 0 Å². The molecule has 0 unspecified atom stereocenters. The summed E-state index contributed by atoms with van der Waals surface area (Å²) < 4.78 is 10.8. The Hall–Kier alpha value is -1.88. The van der Waals surface area contributed by atoms with Crippen molar-refractivity contribution in [3.05, 3.63) is 41.0 Å². The highest BCUT2D eigenvalue weighted by Crippen LogP contribution is 2.27. The average Bonchev–Trinajstić information content (AvgIpc) is 2.85. The van der Waals surface area contributed by atoms with Crippen molar-refractivity contribution in [3.63, 3.8) is 0 Å². The Morgan fingerprint density at radius 2 is 2.05 bits per heavy atom. The second-order valence-electron chi connectivity index (χ2n) is 5.21. The fourth-order valence-electron chi connectivity index (χ4n) is 1.81. The van der Waals surface area contributed by atoms with Crippen molar-refractivity contribution in [2.24, 2.45) is 0 Å². The predicted octanol–water partition coefficient (Wildman–Crippen LogP) is 3.13. The highest BCUT2D eigenvalue weighted by Gasteiger charge is 2.13. The van der Waals surface area contributed by atoms with Crippen molar-refractivity contribution in [1.82, 2.24) is 10.1 Å². The van der Waals surface area contributed by atoms with Crippen LogP contribution in [0, 0.1) is 6.92 Å². The van der Waals surface area contributed by atoms with E-state index in [-0.39, 0.29) is 12.5 Å². The third kappa shape index (κ3) is 3.36. The molecule has 0 amide bonds. The lowest BCUT2D eigenvalue weighted by molar-refractivity contribution is 0.185. The first-order valence-corrected chi connectivity index (χ1v) is 6.71. The van der Waals surface area contributed by atoms with Crippen LogP contribution in [0.1, 0.15) is 55.6 Å². The summed E-state index contributed by atoms with van der Waals surface area (Å²) in [5.41, 5.74) is 1.82. The second-order valence-corrected chi connectivity index (χ2v) is 5.21. The number of ether oxygens (including phenoxy) is 1. The molecule has 0 aliphatic carbocycles. The quantitative estimate of drug-likeness (QED) is 0.908. The van der Waals surface area contributed by atoms with E-state index in [1.807, 2.05) is 39.0 Å². The third-order valence-electron chi connectivity index (χ3n) is 2.97. The van der Waals surface area contributed by atoms with Crippen LogP contribution in [0.25, 0.3) is 0 Å². The van der Waals surface area contributed by atoms with Crippen LogP contribution in [0.4, 0.5) is 0 Å². The molecule has 108 valence electrons. The van der Waals surface area contributed by atoms with Crippen LogP contribution in [0.15, 0.2) is 22.7 Å². The van der Waals surface area contributed by atoms with E-state index >= 15 is 0 Å². The molecule has 1 atom stereocenters. The van der Waals surface area contributed by atoms with Gasteiger partial charge in [-0.3, -0.25) is 0 Å². The average molecular weight is 276 g/mol. The summed E-state index contributed by atoms with van der Waals surface area (Å²) in [4.78, 5) is 4.26. The van der Waals surface area contributed by atoms with E-state index in [4.69, 9.17) is 9.26 Å². The van der Waals surface area contributed by atoms with Gasteiger partial charge < -0.3 is 14.4 Å². The van der Waals surface area contributed by atoms with Crippen LogP contribution in [0.3, 0.4) is 0 Å². The normalized spacial score (nSPS) is 12.7. The molecular weight excluding hydrogens is 256 g/mol. The summed E-state index contributed by atoms with van der Waals surface area (Å²) in [6, 6.07) is 5.70. The molecule has 1 N–H and O–H groups in total. The summed E-state index contributed by atoms with van der Waals surface area (Å²) >= 11 is 0. The first kappa shape index (κ1) is 14.5. The van der Waals surface area contributed by atoms with E-state index in [0.29, 0.717) is 17.5 Å². The van der Waals surface area contributed by atoms with Gasteiger partial charge in [0.05, 0.1) is 6.10 Å². The Balaban J connectivity index is 2.11. The second kappa shape index (κ2) is 6.05. The molecule has 5 heteroatoms. The summed E-state index contributed by atoms with van der Waals surface area (Å²) in [7, 11) is 0. The predicted molar refractivity (Wildman–Crippen MR) is 74.5 cm³/mol. The largest absolute Gasteiger partial charge is 0.483 e. The van der Waals surface area contributed by atoms with Crippen LogP contribution >= 0.6 is 0 Å². The number of rotatable bonds is 5. The first-order chi connectivity index (χ1) is 9.47. The fourth-order valence-corrected chi connectivity index (χ4v) is 1.81. The van der Waals surface area contributed by atoms with Gasteiger partial charge in [0, 0.05) is 11.5 Å². The molecule has 1 heterocycles. The molecule has 0 saturated carbocycles. The SMILES string of the molecule is Cc1ccc([C@H](C)O)c(OCc2nc(C(C)C)no2)c1. The minimum Gasteiger partial charge on any atom is -0.483 e. The van der Waals surface area contributed by atoms with Gasteiger partial charge in [-0.2, -0.15) is 4.98 Å². The van der Waals surface area contributed by atoms with E-state index in [1.54, 1.807) is 6.92 Å². The smallest absolute Gasteiger partial charge is 0.264 e. The zero-order valence-electron chi connectivity index (χ0n) is 12.3. The molecule has 0 saturated heterocycles. The van der Waals surface area contributed by atoms with Gasteiger partial charge in [0.25, 0.3) is 5.89 Å². The van der Waals surface area contributed by atoms with Gasteiger partial charge in [0.2, 0.25) is 0 Å². The maximum absolute atomic E-state index is 9.74. The molecule has 20 heavy (non-hydrogen) atoms. The van der Waals surface area contributed by atoms with Gasteiger partial charge in [0.15, 0.2) is 12.4 Å². The van der Waals surface area contributed by atoms with Crippen LogP contribution in [-0.4, -0.2) is 15.2 Å². The third-order valence-corrected chi connectivity index (χ3v) is 2.97. The van der Waals surface area contributed by atoms with Gasteiger partial charge >= 0.3 is 0 Å². The standard InChI is InChI=1S/C15H20N2O3/c1-9(2)15-16-14(20-17-15)8-19-13-7-10(3)5-6-12(13)11(4)18/h5-7,9,11,18H,8H2,1-4H3/t11-/m0/s1. The number of nitrogens with zero attached hydrogens (tertiary/aromatic N) is 2. The number of aromatic nitrogens is 2. The molecule has 1 aromatic heterocycles. The van der Waals surface area contributed by atoms with Crippen molar-refractivity contribution in [2.45, 2.75) is 46.3 Å². The van der Waals surface area contributed by atoms with Crippen molar-refractivity contribution < 1.29 is 14.4 Å². The zero-order chi connectivity index (χ0) is 14.7. The number of aliphatic hydroxyl groups excluding tert-OH is 1. The summed E-state index contributed by atoms with van der Waals surface area (Å²) in [6.45, 7) is 7.88. The van der Waals surface area contributed by atoms with E-state index < -0.39 is 6.10 Å². The van der Waals surface area contributed by atoms with Gasteiger partial charge in [-0.1, -0.05) is 31.1 Å². The minimum absolute atomic E-state index is 0.197. The van der Waals surface area contributed by atoms with Crippen molar-refractivity contribution in [3.8, 4) is 5.75 Å². The molecule has 0 fully saturated rings. The Bertz CT molecular complexity index is 576. The Kier molecular flexibility index (Phi) is 4.39. The Labute approximate surface area is 118 Å². The minimum atomic E-state index is -0.584.